The largest absolute Gasteiger partial charge is 0.354 e. The molecule has 0 aromatic heterocycles. The van der Waals surface area contributed by atoms with Crippen LogP contribution in [0.15, 0.2) is 0 Å². The summed E-state index contributed by atoms with van der Waals surface area (Å²) in [5.41, 5.74) is 0. The Bertz CT molecular complexity index is 196. The van der Waals surface area contributed by atoms with Gasteiger partial charge in [-0.15, -0.1) is 0 Å². The number of carbonyl (C=O) groups is 1. The van der Waals surface area contributed by atoms with Crippen LogP contribution in [0, 0.1) is 5.92 Å². The Balaban J connectivity index is 2.46. The van der Waals surface area contributed by atoms with E-state index in [0.29, 0.717) is 18.4 Å². The lowest BCUT2D eigenvalue weighted by atomic mass is 9.92. The van der Waals surface area contributed by atoms with Gasteiger partial charge in [0.25, 0.3) is 0 Å². The molecule has 0 aromatic rings. The number of nitrogens with one attached hydrogen (secondary N) is 1. The molecule has 13 heavy (non-hydrogen) atoms. The van der Waals surface area contributed by atoms with E-state index in [9.17, 15) is 4.79 Å². The molecule has 1 amide bonds. The lowest BCUT2D eigenvalue weighted by Gasteiger charge is -2.33. The number of nitrogens with zero attached hydrogens (tertiary/aromatic N) is 1. The highest BCUT2D eigenvalue weighted by molar-refractivity contribution is 5.77. The minimum absolute atomic E-state index is 0.220. The molecule has 1 rings (SSSR count). The van der Waals surface area contributed by atoms with Gasteiger partial charge in [0.2, 0.25) is 5.91 Å². The van der Waals surface area contributed by atoms with Crippen LogP contribution in [0.25, 0.3) is 0 Å². The molecule has 76 valence electrons. The van der Waals surface area contributed by atoms with Gasteiger partial charge < -0.3 is 9.80 Å². The van der Waals surface area contributed by atoms with Crippen LogP contribution in [0.3, 0.4) is 0 Å². The SMILES string of the molecule is C[C@@H]1C[C@H](C[N+](C)(C)C)CC(=O)N1. The number of amides is 1. The summed E-state index contributed by atoms with van der Waals surface area (Å²) < 4.78 is 0.949. The molecule has 1 heterocycles. The monoisotopic (exact) mass is 185 g/mol. The van der Waals surface area contributed by atoms with Crippen molar-refractivity contribution in [3.8, 4) is 0 Å². The standard InChI is InChI=1S/C10H20N2O/c1-8-5-9(6-10(13)11-8)7-12(2,3)4/h8-9H,5-7H2,1-4H3/p+1/t8-,9+/m1/s1. The first kappa shape index (κ1) is 10.5. The molecule has 0 unspecified atom stereocenters. The number of piperidine rings is 1. The summed E-state index contributed by atoms with van der Waals surface area (Å²) in [4.78, 5) is 11.3. The molecule has 2 atom stereocenters. The minimum Gasteiger partial charge on any atom is -0.354 e. The van der Waals surface area contributed by atoms with Gasteiger partial charge in [-0.2, -0.15) is 0 Å². The Labute approximate surface area is 80.7 Å². The van der Waals surface area contributed by atoms with E-state index in [1.807, 2.05) is 0 Å². The first-order chi connectivity index (χ1) is 5.87. The summed E-state index contributed by atoms with van der Waals surface area (Å²) in [5, 5.41) is 2.95. The van der Waals surface area contributed by atoms with Gasteiger partial charge in [0.15, 0.2) is 0 Å². The van der Waals surface area contributed by atoms with Crippen molar-refractivity contribution in [3.05, 3.63) is 0 Å². The van der Waals surface area contributed by atoms with E-state index >= 15 is 0 Å². The van der Waals surface area contributed by atoms with Gasteiger partial charge in [0.1, 0.15) is 0 Å². The Morgan fingerprint density at radius 2 is 2.08 bits per heavy atom. The average molecular weight is 185 g/mol. The van der Waals surface area contributed by atoms with Crippen LogP contribution in [-0.2, 0) is 4.79 Å². The molecule has 0 radical (unpaired) electrons. The van der Waals surface area contributed by atoms with Crippen molar-refractivity contribution in [1.82, 2.24) is 5.32 Å². The molecule has 1 fully saturated rings. The summed E-state index contributed by atoms with van der Waals surface area (Å²) in [6.07, 6.45) is 1.83. The van der Waals surface area contributed by atoms with Gasteiger partial charge in [-0.05, 0) is 13.3 Å². The zero-order valence-electron chi connectivity index (χ0n) is 9.13. The average Bonchev–Trinajstić information content (AvgIpc) is 1.78. The van der Waals surface area contributed by atoms with Crippen molar-refractivity contribution < 1.29 is 9.28 Å². The summed E-state index contributed by atoms with van der Waals surface area (Å²) in [6.45, 7) is 3.18. The second kappa shape index (κ2) is 3.66. The van der Waals surface area contributed by atoms with Gasteiger partial charge in [0.05, 0.1) is 27.7 Å². The highest BCUT2D eigenvalue weighted by Gasteiger charge is 2.27. The molecule has 0 spiro atoms. The number of hydrogen-bond donors (Lipinski definition) is 1. The molecule has 0 aromatic carbocycles. The number of hydrogen-bond acceptors (Lipinski definition) is 1. The lowest BCUT2D eigenvalue weighted by molar-refractivity contribution is -0.873. The van der Waals surface area contributed by atoms with Crippen LogP contribution in [0.2, 0.25) is 0 Å². The van der Waals surface area contributed by atoms with Crippen LogP contribution in [0.1, 0.15) is 19.8 Å². The fraction of sp³-hybridized carbons (Fsp3) is 0.900. The maximum Gasteiger partial charge on any atom is 0.220 e. The molecular weight excluding hydrogens is 164 g/mol. The van der Waals surface area contributed by atoms with Crippen LogP contribution >= 0.6 is 0 Å². The van der Waals surface area contributed by atoms with Crippen molar-refractivity contribution >= 4 is 5.91 Å². The van der Waals surface area contributed by atoms with E-state index in [0.717, 1.165) is 17.4 Å². The summed E-state index contributed by atoms with van der Waals surface area (Å²) in [7, 11) is 6.53. The van der Waals surface area contributed by atoms with Gasteiger partial charge in [-0.3, -0.25) is 4.79 Å². The summed E-state index contributed by atoms with van der Waals surface area (Å²) in [6, 6.07) is 0.359. The molecule has 1 aliphatic rings. The van der Waals surface area contributed by atoms with E-state index in [-0.39, 0.29) is 5.91 Å². The van der Waals surface area contributed by atoms with E-state index in [4.69, 9.17) is 0 Å². The van der Waals surface area contributed by atoms with E-state index in [1.165, 1.54) is 0 Å². The number of rotatable bonds is 2. The van der Waals surface area contributed by atoms with Gasteiger partial charge >= 0.3 is 0 Å². The second-order valence-electron chi connectivity index (χ2n) is 5.25. The summed E-state index contributed by atoms with van der Waals surface area (Å²) >= 11 is 0. The predicted octanol–water partition coefficient (Wildman–Crippen LogP) is 0.607. The van der Waals surface area contributed by atoms with Crippen LogP contribution in [0.4, 0.5) is 0 Å². The van der Waals surface area contributed by atoms with Gasteiger partial charge in [-0.25, -0.2) is 0 Å². The van der Waals surface area contributed by atoms with Crippen LogP contribution in [-0.4, -0.2) is 44.1 Å². The van der Waals surface area contributed by atoms with Gasteiger partial charge in [-0.1, -0.05) is 0 Å². The third-order valence-electron chi connectivity index (χ3n) is 2.37. The van der Waals surface area contributed by atoms with Crippen molar-refractivity contribution in [1.29, 1.82) is 0 Å². The molecule has 0 bridgehead atoms. The highest BCUT2D eigenvalue weighted by Crippen LogP contribution is 2.18. The maximum atomic E-state index is 11.3. The first-order valence-electron chi connectivity index (χ1n) is 4.96. The van der Waals surface area contributed by atoms with Crippen molar-refractivity contribution in [3.63, 3.8) is 0 Å². The van der Waals surface area contributed by atoms with Crippen molar-refractivity contribution in [2.45, 2.75) is 25.8 Å². The smallest absolute Gasteiger partial charge is 0.220 e. The molecule has 3 heteroatoms. The number of quaternary nitrogens is 1. The lowest BCUT2D eigenvalue weighted by Crippen LogP contribution is -2.47. The van der Waals surface area contributed by atoms with Gasteiger partial charge in [0, 0.05) is 18.4 Å². The predicted molar refractivity (Wildman–Crippen MR) is 53.2 cm³/mol. The summed E-state index contributed by atoms with van der Waals surface area (Å²) in [5.74, 6) is 0.779. The Morgan fingerprint density at radius 3 is 2.54 bits per heavy atom. The topological polar surface area (TPSA) is 29.1 Å². The highest BCUT2D eigenvalue weighted by atomic mass is 16.1. The number of carbonyl (C=O) groups excluding carboxylic acids is 1. The molecule has 1 saturated heterocycles. The molecule has 1 aliphatic heterocycles. The first-order valence-corrected chi connectivity index (χ1v) is 4.96. The maximum absolute atomic E-state index is 11.3. The quantitative estimate of drug-likeness (QED) is 0.627. The fourth-order valence-corrected chi connectivity index (χ4v) is 2.15. The normalized spacial score (nSPS) is 30.0. The Hall–Kier alpha value is -0.570. The molecule has 0 aliphatic carbocycles. The zero-order chi connectivity index (χ0) is 10.1. The Kier molecular flexibility index (Phi) is 2.96. The third kappa shape index (κ3) is 3.77. The van der Waals surface area contributed by atoms with Crippen molar-refractivity contribution in [2.24, 2.45) is 5.92 Å². The van der Waals surface area contributed by atoms with E-state index in [2.05, 4.69) is 33.4 Å². The van der Waals surface area contributed by atoms with E-state index in [1.54, 1.807) is 0 Å². The Morgan fingerprint density at radius 1 is 1.46 bits per heavy atom. The van der Waals surface area contributed by atoms with Crippen LogP contribution < -0.4 is 5.32 Å². The molecular formula is C10H21N2O+. The van der Waals surface area contributed by atoms with Crippen molar-refractivity contribution in [2.75, 3.05) is 27.7 Å². The molecule has 0 saturated carbocycles. The van der Waals surface area contributed by atoms with E-state index < -0.39 is 0 Å². The second-order valence-corrected chi connectivity index (χ2v) is 5.25. The fourth-order valence-electron chi connectivity index (χ4n) is 2.15. The minimum atomic E-state index is 0.220. The third-order valence-corrected chi connectivity index (χ3v) is 2.37. The van der Waals surface area contributed by atoms with Crippen LogP contribution in [0.5, 0.6) is 0 Å². The molecule has 3 nitrogen and oxygen atoms in total. The molecule has 1 N–H and O–H groups in total. The zero-order valence-corrected chi connectivity index (χ0v) is 9.13.